The molecule has 0 amide bonds. The van der Waals surface area contributed by atoms with E-state index in [0.717, 1.165) is 13.1 Å². The van der Waals surface area contributed by atoms with Crippen LogP contribution in [0.5, 0.6) is 0 Å². The first kappa shape index (κ1) is 31.0. The zero-order chi connectivity index (χ0) is 32.2. The fraction of sp³-hybridized carbons (Fsp3) is 0.209. The molecule has 0 aliphatic carbocycles. The zero-order valence-electron chi connectivity index (χ0n) is 28.0. The molecule has 1 atom stereocenters. The third-order valence-electron chi connectivity index (χ3n) is 9.16. The Kier molecular flexibility index (Phi) is 9.12. The lowest BCUT2D eigenvalue weighted by Crippen LogP contribution is -2.17. The minimum Gasteiger partial charge on any atom is -0.377 e. The third kappa shape index (κ3) is 6.10. The molecular weight excluding hydrogens is 558 g/mol. The Morgan fingerprint density at radius 3 is 1.61 bits per heavy atom. The predicted molar refractivity (Wildman–Crippen MR) is 200 cm³/mol. The van der Waals surface area contributed by atoms with E-state index >= 15 is 0 Å². The van der Waals surface area contributed by atoms with Gasteiger partial charge >= 0.3 is 0 Å². The molecule has 0 N–H and O–H groups in total. The SMILES string of the molecule is CCN(c1ccccc1)c1ccc(C(c2ccc(N(CC)c3ccccc3)cc2C)c2ccc(N(C)C)c3cc(C)ccc23)cc1. The highest BCUT2D eigenvalue weighted by atomic mass is 15.1. The third-order valence-corrected chi connectivity index (χ3v) is 9.16. The first-order valence-corrected chi connectivity index (χ1v) is 16.5. The van der Waals surface area contributed by atoms with Crippen LogP contribution in [-0.4, -0.2) is 27.2 Å². The van der Waals surface area contributed by atoms with Crippen LogP contribution in [0.3, 0.4) is 0 Å². The Morgan fingerprint density at radius 1 is 0.500 bits per heavy atom. The van der Waals surface area contributed by atoms with Crippen molar-refractivity contribution in [1.29, 1.82) is 0 Å². The van der Waals surface area contributed by atoms with Gasteiger partial charge in [0.2, 0.25) is 0 Å². The Balaban J connectivity index is 1.50. The Morgan fingerprint density at radius 2 is 1.04 bits per heavy atom. The Labute approximate surface area is 275 Å². The van der Waals surface area contributed by atoms with E-state index in [2.05, 4.69) is 190 Å². The quantitative estimate of drug-likeness (QED) is 0.144. The maximum absolute atomic E-state index is 2.38. The van der Waals surface area contributed by atoms with Gasteiger partial charge in [-0.2, -0.15) is 0 Å². The van der Waals surface area contributed by atoms with Crippen molar-refractivity contribution in [2.24, 2.45) is 0 Å². The van der Waals surface area contributed by atoms with Crippen molar-refractivity contribution >= 4 is 39.2 Å². The van der Waals surface area contributed by atoms with Gasteiger partial charge in [0.1, 0.15) is 0 Å². The number of hydrogen-bond acceptors (Lipinski definition) is 3. The molecule has 0 aromatic heterocycles. The van der Waals surface area contributed by atoms with E-state index in [1.54, 1.807) is 0 Å². The summed E-state index contributed by atoms with van der Waals surface area (Å²) in [5.74, 6) is 0.0723. The molecule has 46 heavy (non-hydrogen) atoms. The van der Waals surface area contributed by atoms with Gasteiger partial charge in [0.15, 0.2) is 0 Å². The molecule has 0 heterocycles. The molecule has 6 rings (SSSR count). The van der Waals surface area contributed by atoms with Crippen molar-refractivity contribution in [3.05, 3.63) is 161 Å². The summed E-state index contributed by atoms with van der Waals surface area (Å²) in [6, 6.07) is 49.1. The molecule has 6 aromatic carbocycles. The van der Waals surface area contributed by atoms with Crippen molar-refractivity contribution in [2.45, 2.75) is 33.6 Å². The summed E-state index contributed by atoms with van der Waals surface area (Å²) >= 11 is 0. The summed E-state index contributed by atoms with van der Waals surface area (Å²) in [4.78, 5) is 6.97. The minimum absolute atomic E-state index is 0.0723. The number of benzene rings is 6. The second-order valence-electron chi connectivity index (χ2n) is 12.3. The van der Waals surface area contributed by atoms with E-state index in [1.165, 1.54) is 67.0 Å². The highest BCUT2D eigenvalue weighted by molar-refractivity contribution is 5.97. The van der Waals surface area contributed by atoms with E-state index in [4.69, 9.17) is 0 Å². The number of rotatable bonds is 10. The molecule has 6 aromatic rings. The van der Waals surface area contributed by atoms with Crippen molar-refractivity contribution in [1.82, 2.24) is 0 Å². The smallest absolute Gasteiger partial charge is 0.0441 e. The van der Waals surface area contributed by atoms with Crippen LogP contribution in [0.4, 0.5) is 28.4 Å². The molecule has 3 heteroatoms. The number of para-hydroxylation sites is 2. The lowest BCUT2D eigenvalue weighted by Gasteiger charge is -2.28. The lowest BCUT2D eigenvalue weighted by atomic mass is 9.80. The van der Waals surface area contributed by atoms with Crippen LogP contribution in [0.15, 0.2) is 133 Å². The number of anilines is 5. The maximum Gasteiger partial charge on any atom is 0.0441 e. The van der Waals surface area contributed by atoms with Crippen LogP contribution in [0, 0.1) is 13.8 Å². The van der Waals surface area contributed by atoms with Gasteiger partial charge in [-0.1, -0.05) is 78.4 Å². The fourth-order valence-corrected chi connectivity index (χ4v) is 6.88. The van der Waals surface area contributed by atoms with Crippen LogP contribution in [0.1, 0.15) is 47.6 Å². The Hall–Kier alpha value is -5.02. The van der Waals surface area contributed by atoms with Crippen LogP contribution >= 0.6 is 0 Å². The summed E-state index contributed by atoms with van der Waals surface area (Å²) in [7, 11) is 4.27. The van der Waals surface area contributed by atoms with Gasteiger partial charge in [0.05, 0.1) is 0 Å². The topological polar surface area (TPSA) is 9.72 Å². The summed E-state index contributed by atoms with van der Waals surface area (Å²) in [5.41, 5.74) is 12.6. The summed E-state index contributed by atoms with van der Waals surface area (Å²) in [6.07, 6.45) is 0. The van der Waals surface area contributed by atoms with Gasteiger partial charge in [-0.3, -0.25) is 0 Å². The van der Waals surface area contributed by atoms with Gasteiger partial charge < -0.3 is 14.7 Å². The highest BCUT2D eigenvalue weighted by Crippen LogP contribution is 2.42. The van der Waals surface area contributed by atoms with E-state index in [-0.39, 0.29) is 5.92 Å². The predicted octanol–water partition coefficient (Wildman–Crippen LogP) is 11.0. The van der Waals surface area contributed by atoms with Gasteiger partial charge in [0, 0.05) is 66.9 Å². The van der Waals surface area contributed by atoms with Crippen molar-refractivity contribution in [3.63, 3.8) is 0 Å². The monoisotopic (exact) mass is 603 g/mol. The fourth-order valence-electron chi connectivity index (χ4n) is 6.88. The standard InChI is InChI=1S/C43H45N3/c1-7-45(34-15-11-9-12-16-34)36-22-20-33(21-23-36)43(40-27-28-42(44(5)6)41-29-31(3)19-25-39(40)41)38-26-24-37(30-32(38)4)46(8-2)35-17-13-10-14-18-35/h9-30,43H,7-8H2,1-6H3. The molecule has 0 bridgehead atoms. The zero-order valence-corrected chi connectivity index (χ0v) is 28.0. The number of aryl methyl sites for hydroxylation is 2. The average molecular weight is 604 g/mol. The molecular formula is C43H45N3. The van der Waals surface area contributed by atoms with Gasteiger partial charge in [0.25, 0.3) is 0 Å². The molecule has 0 radical (unpaired) electrons. The van der Waals surface area contributed by atoms with Crippen molar-refractivity contribution in [2.75, 3.05) is 41.9 Å². The lowest BCUT2D eigenvalue weighted by molar-refractivity contribution is 0.961. The van der Waals surface area contributed by atoms with Crippen LogP contribution in [-0.2, 0) is 0 Å². The minimum atomic E-state index is 0.0723. The second-order valence-corrected chi connectivity index (χ2v) is 12.3. The molecule has 0 saturated carbocycles. The molecule has 232 valence electrons. The number of hydrogen-bond donors (Lipinski definition) is 0. The number of fused-ring (bicyclic) bond motifs is 1. The largest absolute Gasteiger partial charge is 0.377 e. The van der Waals surface area contributed by atoms with Crippen molar-refractivity contribution in [3.8, 4) is 0 Å². The van der Waals surface area contributed by atoms with Crippen molar-refractivity contribution < 1.29 is 0 Å². The van der Waals surface area contributed by atoms with Gasteiger partial charge in [-0.05, 0) is 116 Å². The van der Waals surface area contributed by atoms with E-state index in [1.807, 2.05) is 0 Å². The molecule has 0 aliphatic rings. The van der Waals surface area contributed by atoms with E-state index in [9.17, 15) is 0 Å². The second kappa shape index (κ2) is 13.5. The first-order chi connectivity index (χ1) is 22.4. The highest BCUT2D eigenvalue weighted by Gasteiger charge is 2.23. The molecule has 0 spiro atoms. The molecule has 3 nitrogen and oxygen atoms in total. The Bertz CT molecular complexity index is 1910. The average Bonchev–Trinajstić information content (AvgIpc) is 3.08. The van der Waals surface area contributed by atoms with Crippen LogP contribution < -0.4 is 14.7 Å². The summed E-state index contributed by atoms with van der Waals surface area (Å²) in [6.45, 7) is 10.7. The molecule has 0 saturated heterocycles. The first-order valence-electron chi connectivity index (χ1n) is 16.5. The molecule has 0 aliphatic heterocycles. The van der Waals surface area contributed by atoms with Crippen LogP contribution in [0.25, 0.3) is 10.8 Å². The number of nitrogens with zero attached hydrogens (tertiary/aromatic N) is 3. The maximum atomic E-state index is 2.38. The van der Waals surface area contributed by atoms with Crippen LogP contribution in [0.2, 0.25) is 0 Å². The summed E-state index contributed by atoms with van der Waals surface area (Å²) < 4.78 is 0. The normalized spacial score (nSPS) is 11.8. The molecule has 1 unspecified atom stereocenters. The molecule has 0 fully saturated rings. The van der Waals surface area contributed by atoms with E-state index < -0.39 is 0 Å². The van der Waals surface area contributed by atoms with Gasteiger partial charge in [-0.15, -0.1) is 0 Å². The summed E-state index contributed by atoms with van der Waals surface area (Å²) in [5, 5.41) is 2.59. The van der Waals surface area contributed by atoms with E-state index in [0.29, 0.717) is 0 Å². The van der Waals surface area contributed by atoms with Gasteiger partial charge in [-0.25, -0.2) is 0 Å².